The molecule has 1 amide bonds. The average molecular weight is 380 g/mol. The molecule has 3 aromatic carbocycles. The summed E-state index contributed by atoms with van der Waals surface area (Å²) in [6.45, 7) is 5.04. The molecule has 0 radical (unpaired) electrons. The highest BCUT2D eigenvalue weighted by Gasteiger charge is 2.30. The van der Waals surface area contributed by atoms with E-state index in [4.69, 9.17) is 0 Å². The summed E-state index contributed by atoms with van der Waals surface area (Å²) in [5, 5.41) is 0. The van der Waals surface area contributed by atoms with Gasteiger partial charge in [-0.1, -0.05) is 98.8 Å². The Bertz CT molecular complexity index is 1050. The highest BCUT2D eigenvalue weighted by molar-refractivity contribution is 6.18. The molecule has 1 aliphatic rings. The first kappa shape index (κ1) is 18.9. The zero-order chi connectivity index (χ0) is 20.2. The summed E-state index contributed by atoms with van der Waals surface area (Å²) in [7, 11) is 0. The van der Waals surface area contributed by atoms with Crippen LogP contribution in [0, 0.1) is 5.92 Å². The summed E-state index contributed by atoms with van der Waals surface area (Å²) in [6, 6.07) is 28.5. The van der Waals surface area contributed by atoms with Crippen LogP contribution < -0.4 is 0 Å². The normalized spacial score (nSPS) is 15.3. The standard InChI is InChI=1S/C26H24N2O/c1-19(2)18-28-24(26(29)27-25(28)23-11-7-4-8-12-23)17-20-13-15-22(16-14-20)21-9-5-3-6-10-21/h3-17,19H,18H2,1-2H3. The van der Waals surface area contributed by atoms with Crippen molar-refractivity contribution in [3.8, 4) is 11.1 Å². The van der Waals surface area contributed by atoms with Crippen molar-refractivity contribution in [2.75, 3.05) is 6.54 Å². The van der Waals surface area contributed by atoms with Crippen LogP contribution in [0.5, 0.6) is 0 Å². The Morgan fingerprint density at radius 3 is 1.93 bits per heavy atom. The predicted octanol–water partition coefficient (Wildman–Crippen LogP) is 5.64. The molecule has 0 fully saturated rings. The summed E-state index contributed by atoms with van der Waals surface area (Å²) in [5.41, 5.74) is 4.92. The number of rotatable bonds is 5. The molecule has 0 saturated heterocycles. The average Bonchev–Trinajstić information content (AvgIpc) is 3.05. The molecule has 0 saturated carbocycles. The van der Waals surface area contributed by atoms with E-state index in [2.05, 4.69) is 55.2 Å². The topological polar surface area (TPSA) is 32.7 Å². The number of benzene rings is 3. The van der Waals surface area contributed by atoms with Gasteiger partial charge in [-0.3, -0.25) is 4.79 Å². The monoisotopic (exact) mass is 380 g/mol. The predicted molar refractivity (Wildman–Crippen MR) is 119 cm³/mol. The Kier molecular flexibility index (Phi) is 5.39. The number of amides is 1. The van der Waals surface area contributed by atoms with Gasteiger partial charge in [0.1, 0.15) is 11.5 Å². The van der Waals surface area contributed by atoms with Crippen molar-refractivity contribution in [2.45, 2.75) is 13.8 Å². The van der Waals surface area contributed by atoms with Gasteiger partial charge in [0.05, 0.1) is 0 Å². The second kappa shape index (κ2) is 8.27. The van der Waals surface area contributed by atoms with Crippen molar-refractivity contribution in [1.29, 1.82) is 0 Å². The van der Waals surface area contributed by atoms with Gasteiger partial charge in [-0.05, 0) is 28.7 Å². The van der Waals surface area contributed by atoms with Gasteiger partial charge < -0.3 is 4.90 Å². The second-order valence-corrected chi connectivity index (χ2v) is 7.63. The van der Waals surface area contributed by atoms with E-state index in [1.54, 1.807) is 0 Å². The van der Waals surface area contributed by atoms with Crippen LogP contribution in [0.2, 0.25) is 0 Å². The first-order valence-corrected chi connectivity index (χ1v) is 9.95. The summed E-state index contributed by atoms with van der Waals surface area (Å²) in [5.74, 6) is 0.951. The van der Waals surface area contributed by atoms with Gasteiger partial charge in [-0.2, -0.15) is 4.99 Å². The van der Waals surface area contributed by atoms with Gasteiger partial charge in [-0.25, -0.2) is 0 Å². The largest absolute Gasteiger partial charge is 0.321 e. The van der Waals surface area contributed by atoms with Crippen molar-refractivity contribution in [2.24, 2.45) is 10.9 Å². The van der Waals surface area contributed by atoms with Crippen LogP contribution >= 0.6 is 0 Å². The fourth-order valence-electron chi connectivity index (χ4n) is 3.50. The minimum Gasteiger partial charge on any atom is -0.321 e. The molecule has 0 aromatic heterocycles. The molecule has 0 unspecified atom stereocenters. The van der Waals surface area contributed by atoms with Crippen molar-refractivity contribution in [3.63, 3.8) is 0 Å². The van der Waals surface area contributed by atoms with E-state index in [-0.39, 0.29) is 5.91 Å². The van der Waals surface area contributed by atoms with Crippen LogP contribution in [-0.2, 0) is 4.79 Å². The third-order valence-electron chi connectivity index (χ3n) is 4.87. The second-order valence-electron chi connectivity index (χ2n) is 7.63. The quantitative estimate of drug-likeness (QED) is 0.537. The van der Waals surface area contributed by atoms with Gasteiger partial charge in [-0.15, -0.1) is 0 Å². The van der Waals surface area contributed by atoms with Crippen LogP contribution in [-0.4, -0.2) is 23.2 Å². The van der Waals surface area contributed by atoms with Gasteiger partial charge in [0.2, 0.25) is 0 Å². The summed E-state index contributed by atoms with van der Waals surface area (Å²) in [6.07, 6.45) is 1.94. The van der Waals surface area contributed by atoms with E-state index < -0.39 is 0 Å². The number of nitrogens with zero attached hydrogens (tertiary/aromatic N) is 2. The molecule has 0 bridgehead atoms. The fraction of sp³-hybridized carbons (Fsp3) is 0.154. The van der Waals surface area contributed by atoms with E-state index in [0.29, 0.717) is 11.6 Å². The molecule has 1 aliphatic heterocycles. The first-order chi connectivity index (χ1) is 14.1. The molecule has 0 spiro atoms. The van der Waals surface area contributed by atoms with E-state index in [9.17, 15) is 4.79 Å². The Balaban J connectivity index is 1.66. The molecular formula is C26H24N2O. The molecule has 29 heavy (non-hydrogen) atoms. The Hall–Kier alpha value is -3.46. The summed E-state index contributed by atoms with van der Waals surface area (Å²) >= 11 is 0. The maximum atomic E-state index is 12.7. The molecule has 0 N–H and O–H groups in total. The fourth-order valence-corrected chi connectivity index (χ4v) is 3.50. The van der Waals surface area contributed by atoms with Crippen LogP contribution in [0.3, 0.4) is 0 Å². The van der Waals surface area contributed by atoms with E-state index in [1.807, 2.05) is 59.5 Å². The van der Waals surface area contributed by atoms with Crippen molar-refractivity contribution in [1.82, 2.24) is 4.90 Å². The minimum atomic E-state index is -0.184. The number of aliphatic imine (C=N–C) groups is 1. The molecule has 3 nitrogen and oxygen atoms in total. The zero-order valence-electron chi connectivity index (χ0n) is 16.7. The minimum absolute atomic E-state index is 0.184. The lowest BCUT2D eigenvalue weighted by atomic mass is 10.0. The highest BCUT2D eigenvalue weighted by Crippen LogP contribution is 2.26. The molecule has 144 valence electrons. The lowest BCUT2D eigenvalue weighted by Crippen LogP contribution is -2.31. The van der Waals surface area contributed by atoms with Gasteiger partial charge >= 0.3 is 0 Å². The Morgan fingerprint density at radius 1 is 0.793 bits per heavy atom. The SMILES string of the molecule is CC(C)CN1C(=Cc2ccc(-c3ccccc3)cc2)C(=O)N=C1c1ccccc1. The zero-order valence-corrected chi connectivity index (χ0v) is 16.7. The van der Waals surface area contributed by atoms with Crippen LogP contribution in [0.4, 0.5) is 0 Å². The molecule has 4 rings (SSSR count). The van der Waals surface area contributed by atoms with Crippen molar-refractivity contribution in [3.05, 3.63) is 102 Å². The molecule has 3 heteroatoms. The van der Waals surface area contributed by atoms with Gasteiger partial charge in [0, 0.05) is 12.1 Å². The number of amidine groups is 1. The highest BCUT2D eigenvalue weighted by atomic mass is 16.2. The van der Waals surface area contributed by atoms with E-state index >= 15 is 0 Å². The number of hydrogen-bond donors (Lipinski definition) is 0. The van der Waals surface area contributed by atoms with Gasteiger partial charge in [0.15, 0.2) is 0 Å². The van der Waals surface area contributed by atoms with Crippen LogP contribution in [0.15, 0.2) is 95.6 Å². The molecule has 0 aliphatic carbocycles. The van der Waals surface area contributed by atoms with E-state index in [1.165, 1.54) is 5.56 Å². The molecule has 1 heterocycles. The Morgan fingerprint density at radius 2 is 1.34 bits per heavy atom. The molecule has 0 atom stereocenters. The summed E-state index contributed by atoms with van der Waals surface area (Å²) < 4.78 is 0. The van der Waals surface area contributed by atoms with Gasteiger partial charge in [0.25, 0.3) is 5.91 Å². The third-order valence-corrected chi connectivity index (χ3v) is 4.87. The third kappa shape index (κ3) is 4.19. The lowest BCUT2D eigenvalue weighted by Gasteiger charge is -2.23. The smallest absolute Gasteiger partial charge is 0.295 e. The Labute approximate surface area is 172 Å². The number of carbonyl (C=O) groups excluding carboxylic acids is 1. The number of carbonyl (C=O) groups is 1. The van der Waals surface area contributed by atoms with E-state index in [0.717, 1.165) is 29.1 Å². The summed E-state index contributed by atoms with van der Waals surface area (Å²) in [4.78, 5) is 19.2. The van der Waals surface area contributed by atoms with Crippen LogP contribution in [0.25, 0.3) is 17.2 Å². The maximum Gasteiger partial charge on any atom is 0.295 e. The van der Waals surface area contributed by atoms with Crippen molar-refractivity contribution < 1.29 is 4.79 Å². The number of hydrogen-bond acceptors (Lipinski definition) is 2. The molecule has 3 aromatic rings. The van der Waals surface area contributed by atoms with Crippen molar-refractivity contribution >= 4 is 17.8 Å². The van der Waals surface area contributed by atoms with Crippen LogP contribution in [0.1, 0.15) is 25.0 Å². The lowest BCUT2D eigenvalue weighted by molar-refractivity contribution is -0.114. The first-order valence-electron chi connectivity index (χ1n) is 9.95. The maximum absolute atomic E-state index is 12.7. The molecular weight excluding hydrogens is 356 g/mol.